The van der Waals surface area contributed by atoms with Gasteiger partial charge in [0, 0.05) is 34.4 Å². The van der Waals surface area contributed by atoms with Crippen LogP contribution in [0.4, 0.5) is 74.6 Å². The minimum Gasteiger partial charge on any atom is -0.355 e. The lowest BCUT2D eigenvalue weighted by Gasteiger charge is -2.42. The molecule has 0 atom stereocenters. The predicted octanol–water partition coefficient (Wildman–Crippen LogP) is 5.78. The van der Waals surface area contributed by atoms with Crippen LogP contribution in [0.1, 0.15) is 6.42 Å². The van der Waals surface area contributed by atoms with Crippen LogP contribution in [0.5, 0.6) is 0 Å². The molecule has 0 radical (unpaired) electrons. The first kappa shape index (κ1) is 33.9. The minimum atomic E-state index is -8.66. The fourth-order valence-electron chi connectivity index (χ4n) is 2.08. The second-order valence-corrected chi connectivity index (χ2v) is 8.87. The molecule has 0 heterocycles. The van der Waals surface area contributed by atoms with Crippen molar-refractivity contribution in [3.05, 3.63) is 0 Å². The quantitative estimate of drug-likeness (QED) is 0.203. The van der Waals surface area contributed by atoms with E-state index < -0.39 is 69.7 Å². The van der Waals surface area contributed by atoms with Gasteiger partial charge in [0.1, 0.15) is 0 Å². The Morgan fingerprint density at radius 2 is 0.743 bits per heavy atom. The summed E-state index contributed by atoms with van der Waals surface area (Å²) in [7, 11) is -2.17. The second-order valence-electron chi connectivity index (χ2n) is 6.36. The SMILES string of the molecule is CO[Si](OC)(OC)OCCC(F)(F)C(F)(F)C(F)(F)C(F)(F)C(F)(F)C(F)(F)C(F)(F)C(F)(F)F. The zero-order valence-corrected chi connectivity index (χ0v) is 18.0. The van der Waals surface area contributed by atoms with Crippen LogP contribution in [0.3, 0.4) is 0 Å². The average molecular weight is 584 g/mol. The van der Waals surface area contributed by atoms with E-state index in [1.807, 2.05) is 0 Å². The Labute approximate surface area is 184 Å². The summed E-state index contributed by atoms with van der Waals surface area (Å²) in [5.41, 5.74) is 0. The number of hydrogen-bond donors (Lipinski definition) is 0. The maximum atomic E-state index is 13.7. The van der Waals surface area contributed by atoms with Gasteiger partial charge in [-0.1, -0.05) is 0 Å². The molecule has 35 heavy (non-hydrogen) atoms. The monoisotopic (exact) mass is 584 g/mol. The first-order valence-electron chi connectivity index (χ1n) is 8.15. The van der Waals surface area contributed by atoms with Gasteiger partial charge >= 0.3 is 56.7 Å². The third kappa shape index (κ3) is 5.03. The van der Waals surface area contributed by atoms with Crippen LogP contribution in [-0.2, 0) is 17.7 Å². The van der Waals surface area contributed by atoms with E-state index in [-0.39, 0.29) is 0 Å². The Kier molecular flexibility index (Phi) is 9.32. The van der Waals surface area contributed by atoms with E-state index in [0.717, 1.165) is 21.3 Å². The summed E-state index contributed by atoms with van der Waals surface area (Å²) in [6, 6.07) is 0. The van der Waals surface area contributed by atoms with E-state index in [1.165, 1.54) is 0 Å². The van der Waals surface area contributed by atoms with Gasteiger partial charge in [0.2, 0.25) is 0 Å². The number of hydrogen-bond acceptors (Lipinski definition) is 4. The molecular formula is C13H13F17O4Si. The molecule has 0 aliphatic heterocycles. The molecule has 0 aromatic heterocycles. The van der Waals surface area contributed by atoms with Crippen molar-refractivity contribution in [2.45, 2.75) is 54.1 Å². The standard InChI is InChI=1S/C13H13F17O4Si/c1-31-35(32-2,33-3)34-5-4-6(14,15)7(16,17)8(18,19)9(20,21)10(22,23)11(24,25)12(26,27)13(28,29)30/h4-5H2,1-3H3. The number of rotatable bonds is 13. The molecule has 0 aliphatic carbocycles. The van der Waals surface area contributed by atoms with E-state index in [0.29, 0.717) is 0 Å². The van der Waals surface area contributed by atoms with Crippen LogP contribution in [0.15, 0.2) is 0 Å². The van der Waals surface area contributed by atoms with Crippen molar-refractivity contribution in [3.63, 3.8) is 0 Å². The Morgan fingerprint density at radius 3 is 1.03 bits per heavy atom. The summed E-state index contributed by atoms with van der Waals surface area (Å²) in [5, 5.41) is 0. The Hall–Kier alpha value is -1.13. The lowest BCUT2D eigenvalue weighted by molar-refractivity contribution is -0.461. The van der Waals surface area contributed by atoms with Crippen LogP contribution in [-0.4, -0.2) is 84.6 Å². The molecule has 4 nitrogen and oxygen atoms in total. The van der Waals surface area contributed by atoms with Crippen LogP contribution < -0.4 is 0 Å². The first-order chi connectivity index (χ1) is 15.1. The first-order valence-corrected chi connectivity index (χ1v) is 9.78. The van der Waals surface area contributed by atoms with E-state index in [2.05, 4.69) is 17.7 Å². The summed E-state index contributed by atoms with van der Waals surface area (Å²) in [6.45, 7) is -1.88. The van der Waals surface area contributed by atoms with Gasteiger partial charge in [-0.2, -0.15) is 74.6 Å². The maximum absolute atomic E-state index is 13.7. The minimum absolute atomic E-state index is 0.736. The summed E-state index contributed by atoms with van der Waals surface area (Å²) < 4.78 is 241. The van der Waals surface area contributed by atoms with Crippen LogP contribution >= 0.6 is 0 Å². The van der Waals surface area contributed by atoms with Crippen molar-refractivity contribution >= 4 is 9.05 Å². The predicted molar refractivity (Wildman–Crippen MR) is 78.0 cm³/mol. The topological polar surface area (TPSA) is 36.9 Å². The molecular weight excluding hydrogens is 571 g/mol. The molecule has 0 saturated carbocycles. The summed E-state index contributed by atoms with van der Waals surface area (Å²) in [4.78, 5) is 0. The average Bonchev–Trinajstić information content (AvgIpc) is 2.69. The molecule has 0 spiro atoms. The van der Waals surface area contributed by atoms with Crippen LogP contribution in [0, 0.1) is 0 Å². The Morgan fingerprint density at radius 1 is 0.457 bits per heavy atom. The fourth-order valence-corrected chi connectivity index (χ4v) is 3.29. The van der Waals surface area contributed by atoms with Crippen molar-refractivity contribution in [1.29, 1.82) is 0 Å². The van der Waals surface area contributed by atoms with Crippen molar-refractivity contribution in [3.8, 4) is 0 Å². The third-order valence-corrected chi connectivity index (χ3v) is 6.29. The van der Waals surface area contributed by atoms with Gasteiger partial charge in [-0.05, 0) is 0 Å². The smallest absolute Gasteiger partial charge is 0.355 e. The van der Waals surface area contributed by atoms with E-state index >= 15 is 0 Å². The highest BCUT2D eigenvalue weighted by molar-refractivity contribution is 6.53. The molecule has 0 fully saturated rings. The van der Waals surface area contributed by atoms with Gasteiger partial charge in [0.25, 0.3) is 0 Å². The zero-order valence-electron chi connectivity index (χ0n) is 17.0. The van der Waals surface area contributed by atoms with Crippen molar-refractivity contribution in [2.75, 3.05) is 27.9 Å². The van der Waals surface area contributed by atoms with Gasteiger partial charge in [-0.25, -0.2) is 0 Å². The molecule has 0 bridgehead atoms. The lowest BCUT2D eigenvalue weighted by atomic mass is 9.88. The van der Waals surface area contributed by atoms with E-state index in [4.69, 9.17) is 0 Å². The highest BCUT2D eigenvalue weighted by Gasteiger charge is 2.95. The fraction of sp³-hybridized carbons (Fsp3) is 1.00. The van der Waals surface area contributed by atoms with Gasteiger partial charge in [0.15, 0.2) is 0 Å². The largest absolute Gasteiger partial charge is 0.678 e. The van der Waals surface area contributed by atoms with Gasteiger partial charge in [-0.3, -0.25) is 0 Å². The zero-order chi connectivity index (χ0) is 28.7. The second kappa shape index (κ2) is 9.63. The van der Waals surface area contributed by atoms with E-state index in [1.54, 1.807) is 0 Å². The molecule has 0 rings (SSSR count). The van der Waals surface area contributed by atoms with Crippen molar-refractivity contribution < 1.29 is 92.3 Å². The molecule has 0 amide bonds. The van der Waals surface area contributed by atoms with Crippen LogP contribution in [0.25, 0.3) is 0 Å². The summed E-state index contributed by atoms with van der Waals surface area (Å²) in [6.07, 6.45) is -10.6. The summed E-state index contributed by atoms with van der Waals surface area (Å²) >= 11 is 0. The molecule has 0 aromatic rings. The highest BCUT2D eigenvalue weighted by atomic mass is 28.4. The lowest BCUT2D eigenvalue weighted by Crippen LogP contribution is -2.74. The number of halogens is 17. The Balaban J connectivity index is 6.35. The van der Waals surface area contributed by atoms with Crippen molar-refractivity contribution in [2.24, 2.45) is 0 Å². The van der Waals surface area contributed by atoms with Gasteiger partial charge in [0.05, 0.1) is 0 Å². The number of alkyl halides is 17. The molecule has 0 aromatic carbocycles. The van der Waals surface area contributed by atoms with Gasteiger partial charge < -0.3 is 17.7 Å². The van der Waals surface area contributed by atoms with Crippen LogP contribution in [0.2, 0.25) is 0 Å². The molecule has 0 unspecified atom stereocenters. The summed E-state index contributed by atoms with van der Waals surface area (Å²) in [5.74, 6) is -56.7. The van der Waals surface area contributed by atoms with Crippen molar-refractivity contribution in [1.82, 2.24) is 0 Å². The molecule has 0 saturated heterocycles. The van der Waals surface area contributed by atoms with E-state index in [9.17, 15) is 74.6 Å². The molecule has 0 N–H and O–H groups in total. The highest BCUT2D eigenvalue weighted by Crippen LogP contribution is 2.64. The van der Waals surface area contributed by atoms with Gasteiger partial charge in [-0.15, -0.1) is 0 Å². The molecule has 212 valence electrons. The molecule has 0 aliphatic rings. The third-order valence-electron chi connectivity index (χ3n) is 4.23. The Bertz CT molecular complexity index is 711. The normalized spacial score (nSPS) is 16.1. The maximum Gasteiger partial charge on any atom is 0.678 e. The molecule has 22 heteroatoms.